The van der Waals surface area contributed by atoms with Gasteiger partial charge in [0, 0.05) is 30.4 Å². The summed E-state index contributed by atoms with van der Waals surface area (Å²) in [5, 5.41) is 14.4. The lowest BCUT2D eigenvalue weighted by Gasteiger charge is -2.17. The highest BCUT2D eigenvalue weighted by atomic mass is 79.9. The highest BCUT2D eigenvalue weighted by Crippen LogP contribution is 2.33. The van der Waals surface area contributed by atoms with Crippen molar-refractivity contribution in [1.29, 1.82) is 0 Å². The van der Waals surface area contributed by atoms with Crippen LogP contribution in [0, 0.1) is 5.92 Å². The molecule has 0 saturated heterocycles. The van der Waals surface area contributed by atoms with Gasteiger partial charge in [-0.15, -0.1) is 0 Å². The molecule has 2 rings (SSSR count). The molecule has 20 heavy (non-hydrogen) atoms. The summed E-state index contributed by atoms with van der Waals surface area (Å²) in [5.41, 5.74) is -0.0496. The normalized spacial score (nSPS) is 15.8. The molecule has 2 amide bonds. The van der Waals surface area contributed by atoms with E-state index in [-0.39, 0.29) is 23.9 Å². The van der Waals surface area contributed by atoms with Gasteiger partial charge in [-0.25, -0.2) is 4.79 Å². The molecule has 0 aliphatic heterocycles. The van der Waals surface area contributed by atoms with Gasteiger partial charge in [-0.3, -0.25) is 4.79 Å². The lowest BCUT2D eigenvalue weighted by atomic mass is 10.1. The third-order valence-corrected chi connectivity index (χ3v) is 3.78. The van der Waals surface area contributed by atoms with Crippen LogP contribution < -0.4 is 16.2 Å². The van der Waals surface area contributed by atoms with E-state index in [1.54, 1.807) is 19.3 Å². The Kier molecular flexibility index (Phi) is 4.82. The molecular weight excluding hydrogens is 326 g/mol. The summed E-state index contributed by atoms with van der Waals surface area (Å²) in [6.45, 7) is 0.0418. The van der Waals surface area contributed by atoms with E-state index in [0.717, 1.165) is 12.8 Å². The number of nitrogens with one attached hydrogen (secondary N) is 2. The average molecular weight is 344 g/mol. The van der Waals surface area contributed by atoms with Crippen LogP contribution in [0.2, 0.25) is 0 Å². The Labute approximate surface area is 125 Å². The summed E-state index contributed by atoms with van der Waals surface area (Å²) < 4.78 is 2.11. The van der Waals surface area contributed by atoms with Crippen molar-refractivity contribution in [1.82, 2.24) is 9.88 Å². The largest absolute Gasteiger partial charge is 0.396 e. The van der Waals surface area contributed by atoms with Gasteiger partial charge in [0.1, 0.15) is 5.69 Å². The molecule has 6 nitrogen and oxygen atoms in total. The second-order valence-electron chi connectivity index (χ2n) is 5.04. The highest BCUT2D eigenvalue weighted by molar-refractivity contribution is 9.10. The number of halogens is 1. The number of aliphatic hydroxyl groups excluding tert-OH is 1. The number of urea groups is 1. The number of carbonyl (C=O) groups excluding carboxylic acids is 1. The van der Waals surface area contributed by atoms with Gasteiger partial charge in [-0.2, -0.15) is 0 Å². The van der Waals surface area contributed by atoms with Crippen molar-refractivity contribution >= 4 is 27.6 Å². The maximum Gasteiger partial charge on any atom is 0.319 e. The third kappa shape index (κ3) is 3.83. The molecule has 110 valence electrons. The fourth-order valence-corrected chi connectivity index (χ4v) is 2.69. The topological polar surface area (TPSA) is 83.4 Å². The first kappa shape index (κ1) is 15.1. The summed E-state index contributed by atoms with van der Waals surface area (Å²) in [6.07, 6.45) is 4.31. The van der Waals surface area contributed by atoms with Crippen molar-refractivity contribution in [3.63, 3.8) is 0 Å². The average Bonchev–Trinajstić information content (AvgIpc) is 3.19. The summed E-state index contributed by atoms with van der Waals surface area (Å²) in [6, 6.07) is 1.13. The molecule has 3 N–H and O–H groups in total. The maximum atomic E-state index is 11.9. The summed E-state index contributed by atoms with van der Waals surface area (Å²) in [5.74, 6) is 0.443. The zero-order valence-electron chi connectivity index (χ0n) is 11.2. The Balaban J connectivity index is 2.02. The predicted molar refractivity (Wildman–Crippen MR) is 79.8 cm³/mol. The first-order valence-electron chi connectivity index (χ1n) is 6.56. The number of aryl methyl sites for hydroxylation is 1. The number of aliphatic hydroxyl groups is 1. The summed E-state index contributed by atoms with van der Waals surface area (Å²) in [4.78, 5) is 23.8. The van der Waals surface area contributed by atoms with Gasteiger partial charge in [0.15, 0.2) is 0 Å². The van der Waals surface area contributed by atoms with Crippen LogP contribution in [0.1, 0.15) is 19.3 Å². The molecule has 1 aliphatic carbocycles. The van der Waals surface area contributed by atoms with E-state index in [4.69, 9.17) is 5.11 Å². The smallest absolute Gasteiger partial charge is 0.319 e. The molecule has 0 spiro atoms. The van der Waals surface area contributed by atoms with Crippen LogP contribution in [-0.2, 0) is 7.05 Å². The molecule has 1 aromatic rings. The molecule has 0 bridgehead atoms. The number of carbonyl (C=O) groups is 1. The minimum absolute atomic E-state index is 0.0315. The summed E-state index contributed by atoms with van der Waals surface area (Å²) >= 11 is 3.28. The van der Waals surface area contributed by atoms with Gasteiger partial charge in [0.25, 0.3) is 5.56 Å². The fourth-order valence-electron chi connectivity index (χ4n) is 2.15. The van der Waals surface area contributed by atoms with Crippen molar-refractivity contribution in [2.45, 2.75) is 25.3 Å². The molecule has 1 aromatic heterocycles. The Morgan fingerprint density at radius 3 is 2.90 bits per heavy atom. The number of rotatable bonds is 5. The van der Waals surface area contributed by atoms with E-state index in [0.29, 0.717) is 16.8 Å². The Morgan fingerprint density at radius 2 is 2.30 bits per heavy atom. The number of amides is 2. The van der Waals surface area contributed by atoms with Gasteiger partial charge in [0.2, 0.25) is 0 Å². The van der Waals surface area contributed by atoms with Crippen LogP contribution in [-0.4, -0.2) is 28.4 Å². The minimum atomic E-state index is -0.412. The number of anilines is 1. The molecule has 1 unspecified atom stereocenters. The molecule has 0 radical (unpaired) electrons. The molecule has 0 aromatic carbocycles. The van der Waals surface area contributed by atoms with Gasteiger partial charge in [-0.1, -0.05) is 0 Å². The lowest BCUT2D eigenvalue weighted by Crippen LogP contribution is -2.41. The van der Waals surface area contributed by atoms with Crippen molar-refractivity contribution in [3.8, 4) is 0 Å². The van der Waals surface area contributed by atoms with Crippen LogP contribution >= 0.6 is 15.9 Å². The maximum absolute atomic E-state index is 11.9. The first-order chi connectivity index (χ1) is 9.51. The highest BCUT2D eigenvalue weighted by Gasteiger charge is 2.31. The van der Waals surface area contributed by atoms with E-state index < -0.39 is 6.03 Å². The van der Waals surface area contributed by atoms with Gasteiger partial charge >= 0.3 is 6.03 Å². The van der Waals surface area contributed by atoms with Gasteiger partial charge in [-0.05, 0) is 47.2 Å². The van der Waals surface area contributed by atoms with Crippen molar-refractivity contribution in [2.24, 2.45) is 13.0 Å². The number of nitrogens with zero attached hydrogens (tertiary/aromatic N) is 1. The monoisotopic (exact) mass is 343 g/mol. The number of pyridine rings is 1. The summed E-state index contributed by atoms with van der Waals surface area (Å²) in [7, 11) is 1.62. The molecule has 1 heterocycles. The zero-order chi connectivity index (χ0) is 14.7. The molecule has 1 atom stereocenters. The van der Waals surface area contributed by atoms with Crippen LogP contribution in [0.25, 0.3) is 0 Å². The van der Waals surface area contributed by atoms with Crippen molar-refractivity contribution in [3.05, 3.63) is 27.1 Å². The number of hydrogen-bond donors (Lipinski definition) is 3. The van der Waals surface area contributed by atoms with E-state index in [1.165, 1.54) is 4.57 Å². The Morgan fingerprint density at radius 1 is 1.60 bits per heavy atom. The molecular formula is C13H18BrN3O3. The quantitative estimate of drug-likeness (QED) is 0.756. The van der Waals surface area contributed by atoms with E-state index in [1.807, 2.05) is 0 Å². The van der Waals surface area contributed by atoms with Crippen LogP contribution in [0.3, 0.4) is 0 Å². The lowest BCUT2D eigenvalue weighted by molar-refractivity contribution is 0.234. The van der Waals surface area contributed by atoms with E-state index >= 15 is 0 Å². The second kappa shape index (κ2) is 6.41. The molecule has 1 saturated carbocycles. The molecule has 1 aliphatic rings. The number of aromatic nitrogens is 1. The zero-order valence-corrected chi connectivity index (χ0v) is 12.8. The molecule has 1 fully saturated rings. The fraction of sp³-hybridized carbons (Fsp3) is 0.538. The van der Waals surface area contributed by atoms with Gasteiger partial charge < -0.3 is 20.3 Å². The van der Waals surface area contributed by atoms with Gasteiger partial charge in [0.05, 0.1) is 0 Å². The third-order valence-electron chi connectivity index (χ3n) is 3.35. The predicted octanol–water partition coefficient (Wildman–Crippen LogP) is 1.43. The first-order valence-corrected chi connectivity index (χ1v) is 7.35. The molecule has 7 heteroatoms. The van der Waals surface area contributed by atoms with Crippen LogP contribution in [0.4, 0.5) is 10.5 Å². The standard InChI is InChI=1S/C13H18BrN3O3/c1-17-7-9(14)6-11(12(17)19)16-13(20)15-10(4-5-18)8-2-3-8/h6-8,10,18H,2-5H2,1H3,(H2,15,16,20). The van der Waals surface area contributed by atoms with E-state index in [2.05, 4.69) is 26.6 Å². The van der Waals surface area contributed by atoms with Crippen LogP contribution in [0.5, 0.6) is 0 Å². The van der Waals surface area contributed by atoms with Crippen LogP contribution in [0.15, 0.2) is 21.5 Å². The second-order valence-corrected chi connectivity index (χ2v) is 5.96. The SMILES string of the molecule is Cn1cc(Br)cc(NC(=O)NC(CCO)C2CC2)c1=O. The van der Waals surface area contributed by atoms with Crippen molar-refractivity contribution < 1.29 is 9.90 Å². The van der Waals surface area contributed by atoms with Crippen molar-refractivity contribution in [2.75, 3.05) is 11.9 Å². The Hall–Kier alpha value is -1.34. The number of hydrogen-bond acceptors (Lipinski definition) is 3. The van der Waals surface area contributed by atoms with E-state index in [9.17, 15) is 9.59 Å². The Bertz CT molecular complexity index is 554. The minimum Gasteiger partial charge on any atom is -0.396 e.